The maximum atomic E-state index is 13.2. The number of hydrogen-bond acceptors (Lipinski definition) is 9. The smallest absolute Gasteiger partial charge is 0.253 e. The van der Waals surface area contributed by atoms with Gasteiger partial charge in [-0.2, -0.15) is 4.98 Å². The monoisotopic (exact) mass is 644 g/mol. The molecule has 0 unspecified atom stereocenters. The van der Waals surface area contributed by atoms with E-state index < -0.39 is 5.60 Å². The van der Waals surface area contributed by atoms with Crippen molar-refractivity contribution in [3.05, 3.63) is 83.0 Å². The first-order valence-electron chi connectivity index (χ1n) is 16.2. The number of ether oxygens (including phenoxy) is 1. The van der Waals surface area contributed by atoms with E-state index in [2.05, 4.69) is 25.1 Å². The molecule has 0 radical (unpaired) electrons. The number of nitrogens with one attached hydrogen (secondary N) is 1. The van der Waals surface area contributed by atoms with Gasteiger partial charge in [0, 0.05) is 87.9 Å². The van der Waals surface area contributed by atoms with Crippen LogP contribution in [0.3, 0.4) is 0 Å². The Labute approximate surface area is 274 Å². The number of carbonyl (C=O) groups excluding carboxylic acids is 1. The average molecular weight is 645 g/mol. The highest BCUT2D eigenvalue weighted by Crippen LogP contribution is 2.36. The SMILES string of the molecule is O=C(c1ccc(Nc2nc3c(N4CCC(O)(c5ccc(Cl)cc5)CC4)cccn3n2)cc1)N1CCN(CCN2CCOCC2)CC1. The van der Waals surface area contributed by atoms with Crippen LogP contribution in [0.4, 0.5) is 17.3 Å². The average Bonchev–Trinajstić information content (AvgIpc) is 3.51. The number of carbonyl (C=O) groups is 1. The fourth-order valence-corrected chi connectivity index (χ4v) is 6.77. The van der Waals surface area contributed by atoms with Crippen LogP contribution in [0.2, 0.25) is 5.02 Å². The number of aliphatic hydroxyl groups is 1. The lowest BCUT2D eigenvalue weighted by molar-refractivity contribution is 0.0118. The number of amides is 1. The largest absolute Gasteiger partial charge is 0.385 e. The van der Waals surface area contributed by atoms with Gasteiger partial charge >= 0.3 is 0 Å². The molecule has 3 fully saturated rings. The fourth-order valence-electron chi connectivity index (χ4n) is 6.65. The van der Waals surface area contributed by atoms with E-state index in [1.807, 2.05) is 71.8 Å². The van der Waals surface area contributed by atoms with Crippen molar-refractivity contribution in [1.82, 2.24) is 29.3 Å². The minimum atomic E-state index is -0.877. The molecule has 0 spiro atoms. The third-order valence-corrected chi connectivity index (χ3v) is 9.79. The summed E-state index contributed by atoms with van der Waals surface area (Å²) in [6, 6.07) is 19.0. The van der Waals surface area contributed by atoms with Crippen LogP contribution in [0.1, 0.15) is 28.8 Å². The Morgan fingerprint density at radius 1 is 0.870 bits per heavy atom. The van der Waals surface area contributed by atoms with Crippen molar-refractivity contribution < 1.29 is 14.6 Å². The van der Waals surface area contributed by atoms with Gasteiger partial charge in [0.05, 0.1) is 24.5 Å². The normalized spacial score (nSPS) is 19.4. The minimum absolute atomic E-state index is 0.0689. The van der Waals surface area contributed by atoms with E-state index in [0.29, 0.717) is 42.5 Å². The van der Waals surface area contributed by atoms with Crippen molar-refractivity contribution in [3.8, 4) is 0 Å². The van der Waals surface area contributed by atoms with E-state index in [1.165, 1.54) is 0 Å². The van der Waals surface area contributed by atoms with Crippen molar-refractivity contribution in [2.45, 2.75) is 18.4 Å². The van der Waals surface area contributed by atoms with Crippen molar-refractivity contribution in [2.75, 3.05) is 88.9 Å². The third-order valence-electron chi connectivity index (χ3n) is 9.54. The molecule has 1 amide bonds. The van der Waals surface area contributed by atoms with E-state index in [0.717, 1.165) is 88.2 Å². The molecular weight excluding hydrogens is 604 g/mol. The molecule has 7 rings (SSSR count). The first-order chi connectivity index (χ1) is 22.4. The molecule has 2 aromatic carbocycles. The van der Waals surface area contributed by atoms with Gasteiger partial charge in [0.25, 0.3) is 5.91 Å². The number of rotatable bonds is 8. The molecule has 5 heterocycles. The molecule has 0 atom stereocenters. The molecule has 46 heavy (non-hydrogen) atoms. The molecule has 242 valence electrons. The summed E-state index contributed by atoms with van der Waals surface area (Å²) in [4.78, 5) is 27.1. The van der Waals surface area contributed by atoms with E-state index in [4.69, 9.17) is 21.3 Å². The van der Waals surface area contributed by atoms with Gasteiger partial charge < -0.3 is 25.0 Å². The number of benzene rings is 2. The lowest BCUT2D eigenvalue weighted by atomic mass is 9.84. The Kier molecular flexibility index (Phi) is 9.10. The number of aromatic nitrogens is 3. The van der Waals surface area contributed by atoms with Crippen LogP contribution in [0.25, 0.3) is 5.65 Å². The van der Waals surface area contributed by atoms with E-state index in [1.54, 1.807) is 4.52 Å². The lowest BCUT2D eigenvalue weighted by Gasteiger charge is -2.39. The molecule has 0 bridgehead atoms. The Balaban J connectivity index is 0.938. The molecule has 3 aliphatic heterocycles. The number of anilines is 3. The zero-order valence-corrected chi connectivity index (χ0v) is 26.8. The van der Waals surface area contributed by atoms with Crippen LogP contribution in [0.15, 0.2) is 66.9 Å². The van der Waals surface area contributed by atoms with Crippen LogP contribution < -0.4 is 10.2 Å². The number of piperidine rings is 1. The number of fused-ring (bicyclic) bond motifs is 1. The summed E-state index contributed by atoms with van der Waals surface area (Å²) in [6.07, 6.45) is 3.09. The first-order valence-corrected chi connectivity index (χ1v) is 16.6. The summed E-state index contributed by atoms with van der Waals surface area (Å²) in [5, 5.41) is 19.9. The predicted molar refractivity (Wildman–Crippen MR) is 179 cm³/mol. The van der Waals surface area contributed by atoms with Crippen LogP contribution in [-0.4, -0.2) is 119 Å². The minimum Gasteiger partial charge on any atom is -0.385 e. The Morgan fingerprint density at radius 3 is 2.24 bits per heavy atom. The van der Waals surface area contributed by atoms with Crippen LogP contribution >= 0.6 is 11.6 Å². The molecule has 3 aliphatic rings. The number of piperazine rings is 1. The van der Waals surface area contributed by atoms with Gasteiger partial charge in [-0.25, -0.2) is 4.52 Å². The highest BCUT2D eigenvalue weighted by Gasteiger charge is 2.34. The molecule has 2 aromatic heterocycles. The second-order valence-electron chi connectivity index (χ2n) is 12.4. The molecule has 0 aliphatic carbocycles. The van der Waals surface area contributed by atoms with Crippen molar-refractivity contribution in [2.24, 2.45) is 0 Å². The predicted octanol–water partition coefficient (Wildman–Crippen LogP) is 3.70. The quantitative estimate of drug-likeness (QED) is 0.297. The standard InChI is InChI=1S/C34H41ClN8O3/c35-28-7-5-27(6-8-28)34(45)11-14-41(15-12-34)30-2-1-13-43-31(30)37-33(38-43)36-29-9-3-26(4-10-29)32(44)42-20-18-39(19-21-42)16-17-40-22-24-46-25-23-40/h1-10,13,45H,11-12,14-25H2,(H,36,38). The molecule has 4 aromatic rings. The summed E-state index contributed by atoms with van der Waals surface area (Å²) >= 11 is 6.06. The summed E-state index contributed by atoms with van der Waals surface area (Å²) in [5.41, 5.74) is 3.24. The van der Waals surface area contributed by atoms with E-state index >= 15 is 0 Å². The maximum Gasteiger partial charge on any atom is 0.253 e. The number of morpholine rings is 1. The summed E-state index contributed by atoms with van der Waals surface area (Å²) in [7, 11) is 0. The summed E-state index contributed by atoms with van der Waals surface area (Å²) in [6.45, 7) is 10.4. The highest BCUT2D eigenvalue weighted by molar-refractivity contribution is 6.30. The highest BCUT2D eigenvalue weighted by atomic mass is 35.5. The summed E-state index contributed by atoms with van der Waals surface area (Å²) < 4.78 is 7.22. The zero-order chi connectivity index (χ0) is 31.5. The number of nitrogens with zero attached hydrogens (tertiary/aromatic N) is 7. The van der Waals surface area contributed by atoms with Gasteiger partial charge in [-0.05, 0) is 66.9 Å². The van der Waals surface area contributed by atoms with Gasteiger partial charge in [-0.15, -0.1) is 5.10 Å². The maximum absolute atomic E-state index is 13.2. The Hall–Kier alpha value is -3.74. The second-order valence-corrected chi connectivity index (χ2v) is 12.8. The number of halogens is 1. The Morgan fingerprint density at radius 2 is 1.54 bits per heavy atom. The number of hydrogen-bond donors (Lipinski definition) is 2. The van der Waals surface area contributed by atoms with E-state index in [9.17, 15) is 9.90 Å². The van der Waals surface area contributed by atoms with Crippen molar-refractivity contribution in [3.63, 3.8) is 0 Å². The van der Waals surface area contributed by atoms with E-state index in [-0.39, 0.29) is 5.91 Å². The first kappa shape index (κ1) is 30.9. The topological polar surface area (TPSA) is 102 Å². The van der Waals surface area contributed by atoms with Gasteiger partial charge in [0.1, 0.15) is 0 Å². The van der Waals surface area contributed by atoms with Crippen molar-refractivity contribution in [1.29, 1.82) is 0 Å². The number of pyridine rings is 1. The van der Waals surface area contributed by atoms with Crippen molar-refractivity contribution >= 4 is 40.5 Å². The molecule has 11 nitrogen and oxygen atoms in total. The van der Waals surface area contributed by atoms with Gasteiger partial charge in [0.2, 0.25) is 5.95 Å². The molecule has 3 saturated heterocycles. The van der Waals surface area contributed by atoms with Gasteiger partial charge in [-0.3, -0.25) is 14.6 Å². The van der Waals surface area contributed by atoms with Gasteiger partial charge in [-0.1, -0.05) is 23.7 Å². The third kappa shape index (κ3) is 6.84. The molecule has 2 N–H and O–H groups in total. The molecule has 0 saturated carbocycles. The van der Waals surface area contributed by atoms with Crippen LogP contribution in [0.5, 0.6) is 0 Å². The second kappa shape index (κ2) is 13.5. The molecular formula is C34H41ClN8O3. The fraction of sp³-hybridized carbons (Fsp3) is 0.441. The van der Waals surface area contributed by atoms with Crippen LogP contribution in [0, 0.1) is 0 Å². The lowest BCUT2D eigenvalue weighted by Crippen LogP contribution is -2.51. The van der Waals surface area contributed by atoms with Gasteiger partial charge in [0.15, 0.2) is 5.65 Å². The summed E-state index contributed by atoms with van der Waals surface area (Å²) in [5.74, 6) is 0.550. The zero-order valence-electron chi connectivity index (χ0n) is 26.0. The molecule has 12 heteroatoms. The Bertz CT molecular complexity index is 1620. The van der Waals surface area contributed by atoms with Crippen LogP contribution in [-0.2, 0) is 10.3 Å².